The van der Waals surface area contributed by atoms with E-state index in [1.54, 1.807) is 0 Å². The zero-order valence-corrected chi connectivity index (χ0v) is 11.1. The fourth-order valence-electron chi connectivity index (χ4n) is 2.29. The second-order valence-corrected chi connectivity index (χ2v) is 5.01. The Morgan fingerprint density at radius 2 is 1.65 bits per heavy atom. The molecule has 1 atom stereocenters. The normalized spacial score (nSPS) is 17.8. The van der Waals surface area contributed by atoms with E-state index in [1.165, 1.54) is 17.1 Å². The van der Waals surface area contributed by atoms with Crippen molar-refractivity contribution in [2.24, 2.45) is 0 Å². The molecule has 1 N–H and O–H groups in total. The number of nitrogens with zero attached hydrogens (tertiary/aromatic N) is 1. The van der Waals surface area contributed by atoms with Gasteiger partial charge in [-0.3, -0.25) is 0 Å². The standard InChI is InChI=1S/C14H13BrN2/c1-10-16-12-7-3-5-9-14(12)17(10)13-8-4-2-6-11(13)15/h2-10,16H,1H3. The monoisotopic (exact) mass is 288 g/mol. The summed E-state index contributed by atoms with van der Waals surface area (Å²) in [5.74, 6) is 0. The SMILES string of the molecule is CC1Nc2ccccc2N1c1ccccc1Br. The molecule has 0 bridgehead atoms. The molecule has 2 aromatic carbocycles. The third kappa shape index (κ3) is 1.71. The fourth-order valence-corrected chi connectivity index (χ4v) is 2.77. The maximum atomic E-state index is 3.62. The summed E-state index contributed by atoms with van der Waals surface area (Å²) >= 11 is 3.62. The molecular weight excluding hydrogens is 276 g/mol. The number of benzene rings is 2. The molecule has 0 radical (unpaired) electrons. The van der Waals surface area contributed by atoms with Gasteiger partial charge in [0.15, 0.2) is 0 Å². The number of nitrogens with one attached hydrogen (secondary N) is 1. The van der Waals surface area contributed by atoms with Crippen LogP contribution >= 0.6 is 15.9 Å². The molecule has 1 aliphatic heterocycles. The van der Waals surface area contributed by atoms with Gasteiger partial charge in [0.25, 0.3) is 0 Å². The van der Waals surface area contributed by atoms with Crippen molar-refractivity contribution in [1.29, 1.82) is 0 Å². The maximum absolute atomic E-state index is 3.62. The molecular formula is C14H13BrN2. The van der Waals surface area contributed by atoms with Crippen molar-refractivity contribution in [3.05, 3.63) is 53.0 Å². The van der Waals surface area contributed by atoms with Gasteiger partial charge in [0.2, 0.25) is 0 Å². The van der Waals surface area contributed by atoms with Crippen LogP contribution in [0, 0.1) is 0 Å². The number of hydrogen-bond donors (Lipinski definition) is 1. The third-order valence-electron chi connectivity index (χ3n) is 3.03. The molecule has 0 spiro atoms. The number of hydrogen-bond acceptors (Lipinski definition) is 2. The van der Waals surface area contributed by atoms with Gasteiger partial charge in [-0.1, -0.05) is 24.3 Å². The van der Waals surface area contributed by atoms with Crippen LogP contribution < -0.4 is 10.2 Å². The van der Waals surface area contributed by atoms with Gasteiger partial charge in [-0.15, -0.1) is 0 Å². The molecule has 3 heteroatoms. The number of anilines is 3. The molecule has 0 saturated carbocycles. The van der Waals surface area contributed by atoms with E-state index in [1.807, 2.05) is 6.07 Å². The Kier molecular flexibility index (Phi) is 2.56. The Balaban J connectivity index is 2.13. The zero-order valence-electron chi connectivity index (χ0n) is 9.52. The Hall–Kier alpha value is -1.48. The Labute approximate surface area is 109 Å². The van der Waals surface area contributed by atoms with Crippen LogP contribution in [-0.4, -0.2) is 6.17 Å². The van der Waals surface area contributed by atoms with Crippen LogP contribution in [0.4, 0.5) is 17.1 Å². The van der Waals surface area contributed by atoms with Gasteiger partial charge >= 0.3 is 0 Å². The van der Waals surface area contributed by atoms with Crippen LogP contribution in [0.1, 0.15) is 6.92 Å². The molecule has 17 heavy (non-hydrogen) atoms. The first-order valence-corrected chi connectivity index (χ1v) is 6.46. The molecule has 0 aromatic heterocycles. The molecule has 0 saturated heterocycles. The molecule has 0 fully saturated rings. The van der Waals surface area contributed by atoms with Gasteiger partial charge in [0.05, 0.1) is 17.1 Å². The minimum atomic E-state index is 0.270. The van der Waals surface area contributed by atoms with E-state index in [4.69, 9.17) is 0 Å². The molecule has 1 heterocycles. The molecule has 1 aliphatic rings. The second-order valence-electron chi connectivity index (χ2n) is 4.16. The van der Waals surface area contributed by atoms with Crippen molar-refractivity contribution in [1.82, 2.24) is 0 Å². The molecule has 3 rings (SSSR count). The zero-order chi connectivity index (χ0) is 11.8. The average Bonchev–Trinajstić information content (AvgIpc) is 2.66. The number of halogens is 1. The first-order chi connectivity index (χ1) is 8.27. The smallest absolute Gasteiger partial charge is 0.101 e. The minimum absolute atomic E-state index is 0.270. The van der Waals surface area contributed by atoms with Crippen molar-refractivity contribution >= 4 is 33.0 Å². The lowest BCUT2D eigenvalue weighted by molar-refractivity contribution is 0.841. The van der Waals surface area contributed by atoms with E-state index in [2.05, 4.69) is 75.5 Å². The summed E-state index contributed by atoms with van der Waals surface area (Å²) < 4.78 is 1.12. The summed E-state index contributed by atoms with van der Waals surface area (Å²) in [5, 5.41) is 3.48. The summed E-state index contributed by atoms with van der Waals surface area (Å²) in [4.78, 5) is 2.30. The maximum Gasteiger partial charge on any atom is 0.101 e. The van der Waals surface area contributed by atoms with E-state index >= 15 is 0 Å². The lowest BCUT2D eigenvalue weighted by Gasteiger charge is -2.25. The average molecular weight is 289 g/mol. The summed E-state index contributed by atoms with van der Waals surface area (Å²) in [6.07, 6.45) is 0.270. The molecule has 1 unspecified atom stereocenters. The Bertz CT molecular complexity index is 553. The van der Waals surface area contributed by atoms with Crippen molar-refractivity contribution in [2.45, 2.75) is 13.1 Å². The quantitative estimate of drug-likeness (QED) is 0.839. The number of rotatable bonds is 1. The predicted octanol–water partition coefficient (Wildman–Crippen LogP) is 4.36. The van der Waals surface area contributed by atoms with Crippen LogP contribution in [0.2, 0.25) is 0 Å². The Morgan fingerprint density at radius 1 is 1.00 bits per heavy atom. The van der Waals surface area contributed by atoms with Gasteiger partial charge in [-0.05, 0) is 47.1 Å². The van der Waals surface area contributed by atoms with Crippen LogP contribution in [0.25, 0.3) is 0 Å². The highest BCUT2D eigenvalue weighted by atomic mass is 79.9. The van der Waals surface area contributed by atoms with E-state index in [0.29, 0.717) is 0 Å². The summed E-state index contributed by atoms with van der Waals surface area (Å²) in [6.45, 7) is 2.17. The topological polar surface area (TPSA) is 15.3 Å². The van der Waals surface area contributed by atoms with Gasteiger partial charge in [0, 0.05) is 4.47 Å². The lowest BCUT2D eigenvalue weighted by atomic mass is 10.2. The largest absolute Gasteiger partial charge is 0.363 e. The van der Waals surface area contributed by atoms with Crippen molar-refractivity contribution in [3.63, 3.8) is 0 Å². The van der Waals surface area contributed by atoms with Crippen LogP contribution in [0.3, 0.4) is 0 Å². The summed E-state index contributed by atoms with van der Waals surface area (Å²) in [5.41, 5.74) is 3.61. The van der Waals surface area contributed by atoms with Crippen molar-refractivity contribution in [3.8, 4) is 0 Å². The highest BCUT2D eigenvalue weighted by Gasteiger charge is 2.26. The van der Waals surface area contributed by atoms with Gasteiger partial charge in [-0.2, -0.15) is 0 Å². The highest BCUT2D eigenvalue weighted by Crippen LogP contribution is 2.42. The fraction of sp³-hybridized carbons (Fsp3) is 0.143. The minimum Gasteiger partial charge on any atom is -0.363 e. The predicted molar refractivity (Wildman–Crippen MR) is 75.8 cm³/mol. The van der Waals surface area contributed by atoms with Gasteiger partial charge in [-0.25, -0.2) is 0 Å². The van der Waals surface area contributed by atoms with Crippen LogP contribution in [0.5, 0.6) is 0 Å². The number of fused-ring (bicyclic) bond motifs is 1. The first-order valence-electron chi connectivity index (χ1n) is 5.67. The van der Waals surface area contributed by atoms with Gasteiger partial charge < -0.3 is 10.2 Å². The van der Waals surface area contributed by atoms with Crippen molar-refractivity contribution < 1.29 is 0 Å². The van der Waals surface area contributed by atoms with E-state index < -0.39 is 0 Å². The lowest BCUT2D eigenvalue weighted by Crippen LogP contribution is -2.28. The van der Waals surface area contributed by atoms with Crippen molar-refractivity contribution in [2.75, 3.05) is 10.2 Å². The Morgan fingerprint density at radius 3 is 2.41 bits per heavy atom. The van der Waals surface area contributed by atoms with E-state index in [0.717, 1.165) is 4.47 Å². The summed E-state index contributed by atoms with van der Waals surface area (Å²) in [6, 6.07) is 16.7. The molecule has 2 nitrogen and oxygen atoms in total. The molecule has 0 aliphatic carbocycles. The van der Waals surface area contributed by atoms with Gasteiger partial charge in [0.1, 0.15) is 6.17 Å². The molecule has 86 valence electrons. The number of para-hydroxylation sites is 3. The van der Waals surface area contributed by atoms with Crippen LogP contribution in [-0.2, 0) is 0 Å². The summed E-state index contributed by atoms with van der Waals surface area (Å²) in [7, 11) is 0. The molecule has 0 amide bonds. The van der Waals surface area contributed by atoms with Crippen LogP contribution in [0.15, 0.2) is 53.0 Å². The highest BCUT2D eigenvalue weighted by molar-refractivity contribution is 9.10. The van der Waals surface area contributed by atoms with E-state index in [-0.39, 0.29) is 6.17 Å². The second kappa shape index (κ2) is 4.08. The third-order valence-corrected chi connectivity index (χ3v) is 3.70. The van der Waals surface area contributed by atoms with E-state index in [9.17, 15) is 0 Å². The molecule has 2 aromatic rings. The first kappa shape index (κ1) is 10.7.